The molecule has 3 heterocycles. The Morgan fingerprint density at radius 3 is 2.78 bits per heavy atom. The van der Waals surface area contributed by atoms with Crippen molar-refractivity contribution >= 4 is 34.0 Å². The molecule has 2 aromatic rings. The van der Waals surface area contributed by atoms with Crippen LogP contribution in [0.4, 0.5) is 10.8 Å². The Morgan fingerprint density at radius 1 is 1.26 bits per heavy atom. The third kappa shape index (κ3) is 3.62. The van der Waals surface area contributed by atoms with E-state index in [4.69, 9.17) is 4.74 Å². The monoisotopic (exact) mass is 386 g/mol. The number of piperazine rings is 1. The van der Waals surface area contributed by atoms with E-state index < -0.39 is 6.10 Å². The highest BCUT2D eigenvalue weighted by molar-refractivity contribution is 7.13. The highest BCUT2D eigenvalue weighted by Crippen LogP contribution is 2.33. The molecule has 0 radical (unpaired) electrons. The van der Waals surface area contributed by atoms with Crippen LogP contribution < -0.4 is 14.5 Å². The fourth-order valence-corrected chi connectivity index (χ4v) is 4.17. The highest BCUT2D eigenvalue weighted by atomic mass is 32.1. The number of amides is 2. The summed E-state index contributed by atoms with van der Waals surface area (Å²) in [7, 11) is 0. The number of carbonyl (C=O) groups is 2. The Morgan fingerprint density at radius 2 is 2.04 bits per heavy atom. The average molecular weight is 386 g/mol. The molecule has 0 unspecified atom stereocenters. The van der Waals surface area contributed by atoms with E-state index in [1.807, 2.05) is 34.5 Å². The minimum atomic E-state index is -0.531. The van der Waals surface area contributed by atoms with Crippen LogP contribution >= 0.6 is 11.3 Å². The van der Waals surface area contributed by atoms with Gasteiger partial charge in [0.05, 0.1) is 5.69 Å². The molecule has 27 heavy (non-hydrogen) atoms. The molecule has 0 saturated carbocycles. The summed E-state index contributed by atoms with van der Waals surface area (Å²) < 4.78 is 5.65. The second kappa shape index (κ2) is 7.56. The normalized spacial score (nSPS) is 19.7. The molecule has 4 rings (SSSR count). The number of carbonyl (C=O) groups excluding carboxylic acids is 2. The fourth-order valence-electron chi connectivity index (χ4n) is 3.47. The first kappa shape index (κ1) is 17.8. The zero-order chi connectivity index (χ0) is 18.8. The Balaban J connectivity index is 1.35. The maximum absolute atomic E-state index is 12.7. The molecule has 1 aromatic heterocycles. The topological polar surface area (TPSA) is 66.0 Å². The summed E-state index contributed by atoms with van der Waals surface area (Å²) in [5, 5.41) is 2.97. The van der Waals surface area contributed by atoms with Gasteiger partial charge in [0.25, 0.3) is 5.91 Å². The predicted molar refractivity (Wildman–Crippen MR) is 104 cm³/mol. The number of nitrogens with zero attached hydrogens (tertiary/aromatic N) is 4. The van der Waals surface area contributed by atoms with Crippen LogP contribution in [-0.4, -0.2) is 60.5 Å². The smallest absolute Gasteiger partial charge is 0.267 e. The van der Waals surface area contributed by atoms with Gasteiger partial charge in [0.1, 0.15) is 5.75 Å². The van der Waals surface area contributed by atoms with Crippen LogP contribution in [0.2, 0.25) is 0 Å². The first-order valence-corrected chi connectivity index (χ1v) is 10.0. The van der Waals surface area contributed by atoms with E-state index in [1.165, 1.54) is 0 Å². The Bertz CT molecular complexity index is 818. The average Bonchev–Trinajstić information content (AvgIpc) is 3.23. The van der Waals surface area contributed by atoms with E-state index in [0.29, 0.717) is 31.8 Å². The molecule has 1 aromatic carbocycles. The molecular formula is C19H22N4O3S. The molecule has 0 bridgehead atoms. The lowest BCUT2D eigenvalue weighted by molar-refractivity contribution is -0.131. The third-order valence-electron chi connectivity index (χ3n) is 4.95. The van der Waals surface area contributed by atoms with Gasteiger partial charge in [-0.25, -0.2) is 4.98 Å². The molecule has 0 N–H and O–H groups in total. The summed E-state index contributed by atoms with van der Waals surface area (Å²) in [6.45, 7) is 5.05. The number of para-hydroxylation sites is 2. The summed E-state index contributed by atoms with van der Waals surface area (Å²) >= 11 is 1.62. The number of hydrogen-bond donors (Lipinski definition) is 0. The standard InChI is InChI=1S/C19H22N4O3S/c1-14-18(25)23(15-4-2-3-5-16(15)26-14)8-6-17(24)21-9-11-22(12-10-21)19-20-7-13-27-19/h2-5,7,13-14H,6,8-12H2,1H3/t14-/m1/s1. The Hall–Kier alpha value is -2.61. The van der Waals surface area contributed by atoms with Crippen LogP contribution in [-0.2, 0) is 9.59 Å². The van der Waals surface area contributed by atoms with Crippen molar-refractivity contribution in [2.45, 2.75) is 19.4 Å². The number of aromatic nitrogens is 1. The minimum Gasteiger partial charge on any atom is -0.479 e. The maximum atomic E-state index is 12.7. The van der Waals surface area contributed by atoms with Gasteiger partial charge in [0.15, 0.2) is 11.2 Å². The van der Waals surface area contributed by atoms with Gasteiger partial charge in [-0.15, -0.1) is 11.3 Å². The number of thiazole rings is 1. The lowest BCUT2D eigenvalue weighted by Crippen LogP contribution is -2.50. The molecular weight excluding hydrogens is 364 g/mol. The van der Waals surface area contributed by atoms with Crippen LogP contribution in [0.5, 0.6) is 5.75 Å². The van der Waals surface area contributed by atoms with Crippen molar-refractivity contribution in [2.24, 2.45) is 0 Å². The lowest BCUT2D eigenvalue weighted by atomic mass is 10.1. The van der Waals surface area contributed by atoms with Crippen molar-refractivity contribution < 1.29 is 14.3 Å². The highest BCUT2D eigenvalue weighted by Gasteiger charge is 2.32. The van der Waals surface area contributed by atoms with Gasteiger partial charge in [-0.2, -0.15) is 0 Å². The van der Waals surface area contributed by atoms with Crippen molar-refractivity contribution in [3.8, 4) is 5.75 Å². The quantitative estimate of drug-likeness (QED) is 0.804. The van der Waals surface area contributed by atoms with Crippen LogP contribution in [0.15, 0.2) is 35.8 Å². The molecule has 2 aliphatic rings. The number of hydrogen-bond acceptors (Lipinski definition) is 6. The zero-order valence-electron chi connectivity index (χ0n) is 15.2. The van der Waals surface area contributed by atoms with Crippen LogP contribution in [0.1, 0.15) is 13.3 Å². The van der Waals surface area contributed by atoms with Crippen molar-refractivity contribution in [3.05, 3.63) is 35.8 Å². The van der Waals surface area contributed by atoms with E-state index >= 15 is 0 Å². The fraction of sp³-hybridized carbons (Fsp3) is 0.421. The molecule has 1 fully saturated rings. The summed E-state index contributed by atoms with van der Waals surface area (Å²) in [5.41, 5.74) is 0.738. The van der Waals surface area contributed by atoms with Crippen LogP contribution in [0, 0.1) is 0 Å². The van der Waals surface area contributed by atoms with E-state index in [9.17, 15) is 9.59 Å². The molecule has 0 spiro atoms. The van der Waals surface area contributed by atoms with Gasteiger partial charge >= 0.3 is 0 Å². The second-order valence-corrected chi connectivity index (χ2v) is 7.52. The van der Waals surface area contributed by atoms with Gasteiger partial charge < -0.3 is 19.4 Å². The maximum Gasteiger partial charge on any atom is 0.267 e. The largest absolute Gasteiger partial charge is 0.479 e. The predicted octanol–water partition coefficient (Wildman–Crippen LogP) is 2.00. The summed E-state index contributed by atoms with van der Waals surface area (Å²) in [6.07, 6.45) is 1.58. The van der Waals surface area contributed by atoms with Crippen molar-refractivity contribution in [1.29, 1.82) is 0 Å². The van der Waals surface area contributed by atoms with Gasteiger partial charge in [0.2, 0.25) is 5.91 Å². The molecule has 0 aliphatic carbocycles. The SMILES string of the molecule is C[C@H]1Oc2ccccc2N(CCC(=O)N2CCN(c3nccs3)CC2)C1=O. The number of benzene rings is 1. The lowest BCUT2D eigenvalue weighted by Gasteiger charge is -2.36. The first-order valence-electron chi connectivity index (χ1n) is 9.13. The van der Waals surface area contributed by atoms with E-state index in [2.05, 4.69) is 9.88 Å². The van der Waals surface area contributed by atoms with E-state index in [-0.39, 0.29) is 11.8 Å². The Kier molecular flexibility index (Phi) is 4.98. The summed E-state index contributed by atoms with van der Waals surface area (Å²) in [5.74, 6) is 0.669. The van der Waals surface area contributed by atoms with Gasteiger partial charge in [-0.05, 0) is 19.1 Å². The van der Waals surface area contributed by atoms with Crippen LogP contribution in [0.3, 0.4) is 0 Å². The number of rotatable bonds is 4. The number of anilines is 2. The molecule has 1 atom stereocenters. The number of ether oxygens (including phenoxy) is 1. The van der Waals surface area contributed by atoms with Crippen LogP contribution in [0.25, 0.3) is 0 Å². The minimum absolute atomic E-state index is 0.0817. The number of fused-ring (bicyclic) bond motifs is 1. The van der Waals surface area contributed by atoms with Gasteiger partial charge in [0, 0.05) is 50.7 Å². The van der Waals surface area contributed by atoms with E-state index in [1.54, 1.807) is 29.4 Å². The first-order chi connectivity index (χ1) is 13.1. The zero-order valence-corrected chi connectivity index (χ0v) is 16.0. The molecule has 142 valence electrons. The summed E-state index contributed by atoms with van der Waals surface area (Å²) in [4.78, 5) is 35.3. The molecule has 2 aliphatic heterocycles. The molecule has 8 heteroatoms. The van der Waals surface area contributed by atoms with Crippen molar-refractivity contribution in [3.63, 3.8) is 0 Å². The van der Waals surface area contributed by atoms with Gasteiger partial charge in [-0.1, -0.05) is 12.1 Å². The molecule has 1 saturated heterocycles. The molecule has 7 nitrogen and oxygen atoms in total. The third-order valence-corrected chi connectivity index (χ3v) is 5.78. The molecule has 2 amide bonds. The van der Waals surface area contributed by atoms with E-state index in [0.717, 1.165) is 23.9 Å². The van der Waals surface area contributed by atoms with Crippen molar-refractivity contribution in [1.82, 2.24) is 9.88 Å². The Labute approximate surface area is 162 Å². The summed E-state index contributed by atoms with van der Waals surface area (Å²) in [6, 6.07) is 7.46. The van der Waals surface area contributed by atoms with Gasteiger partial charge in [-0.3, -0.25) is 9.59 Å². The second-order valence-electron chi connectivity index (χ2n) is 6.65. The van der Waals surface area contributed by atoms with Crippen molar-refractivity contribution in [2.75, 3.05) is 42.5 Å².